The number of carboxylic acids is 2. The smallest absolute Gasteiger partial charge is 0.478 e. The molecule has 0 saturated carbocycles. The van der Waals surface area contributed by atoms with Crippen LogP contribution in [0.1, 0.15) is 10.4 Å². The lowest BCUT2D eigenvalue weighted by Gasteiger charge is -1.97. The number of nitrogens with zero attached hydrogens (tertiary/aromatic N) is 1. The second kappa shape index (κ2) is 6.00. The number of halogens is 3. The summed E-state index contributed by atoms with van der Waals surface area (Å²) in [6.07, 6.45) is -3.72. The van der Waals surface area contributed by atoms with Gasteiger partial charge in [-0.25, -0.2) is 9.59 Å². The minimum Gasteiger partial charge on any atom is -0.478 e. The van der Waals surface area contributed by atoms with Crippen molar-refractivity contribution in [3.05, 3.63) is 42.1 Å². The summed E-state index contributed by atoms with van der Waals surface area (Å²) in [5.41, 5.74) is 1.03. The van der Waals surface area contributed by atoms with Gasteiger partial charge in [0.15, 0.2) is 0 Å². The number of alkyl halides is 3. The summed E-state index contributed by atoms with van der Waals surface area (Å²) in [5.74, 6) is -3.70. The van der Waals surface area contributed by atoms with E-state index in [0.717, 1.165) is 10.9 Å². The standard InChI is InChI=1S/C10H7NO2.C2HF3O2/c12-10(13)8-5-7-3-1-2-4-9(7)11-6-8;3-2(4,5)1(6)7/h1-6H,(H,12,13);(H,6,7). The predicted molar refractivity (Wildman–Crippen MR) is 62.4 cm³/mol. The Bertz CT molecular complexity index is 640. The van der Waals surface area contributed by atoms with E-state index in [4.69, 9.17) is 15.0 Å². The topological polar surface area (TPSA) is 87.5 Å². The summed E-state index contributed by atoms with van der Waals surface area (Å²) >= 11 is 0. The van der Waals surface area contributed by atoms with Gasteiger partial charge in [-0.2, -0.15) is 13.2 Å². The molecule has 0 aliphatic rings. The van der Waals surface area contributed by atoms with Gasteiger partial charge in [-0.1, -0.05) is 18.2 Å². The third-order valence-electron chi connectivity index (χ3n) is 2.08. The van der Waals surface area contributed by atoms with Gasteiger partial charge in [-0.3, -0.25) is 4.98 Å². The summed E-state index contributed by atoms with van der Waals surface area (Å²) in [7, 11) is 0. The van der Waals surface area contributed by atoms with Gasteiger partial charge in [-0.15, -0.1) is 0 Å². The van der Waals surface area contributed by atoms with Gasteiger partial charge in [-0.05, 0) is 12.1 Å². The van der Waals surface area contributed by atoms with Crippen LogP contribution in [0.25, 0.3) is 10.9 Å². The number of carbonyl (C=O) groups is 2. The van der Waals surface area contributed by atoms with Gasteiger partial charge < -0.3 is 10.2 Å². The van der Waals surface area contributed by atoms with Crippen molar-refractivity contribution in [1.82, 2.24) is 4.98 Å². The first kappa shape index (κ1) is 15.4. The number of benzene rings is 1. The third kappa shape index (κ3) is 4.23. The van der Waals surface area contributed by atoms with E-state index in [1.807, 2.05) is 24.3 Å². The Kier molecular flexibility index (Phi) is 4.63. The molecule has 0 bridgehead atoms. The van der Waals surface area contributed by atoms with E-state index in [2.05, 4.69) is 4.98 Å². The first-order valence-corrected chi connectivity index (χ1v) is 5.10. The fourth-order valence-electron chi connectivity index (χ4n) is 1.19. The Morgan fingerprint density at radius 1 is 1.10 bits per heavy atom. The molecule has 8 heteroatoms. The summed E-state index contributed by atoms with van der Waals surface area (Å²) < 4.78 is 31.7. The van der Waals surface area contributed by atoms with Gasteiger partial charge in [0.1, 0.15) is 0 Å². The van der Waals surface area contributed by atoms with E-state index in [1.165, 1.54) is 6.20 Å². The molecule has 106 valence electrons. The molecule has 0 atom stereocenters. The van der Waals surface area contributed by atoms with Crippen molar-refractivity contribution in [3.63, 3.8) is 0 Å². The number of hydrogen-bond acceptors (Lipinski definition) is 3. The van der Waals surface area contributed by atoms with Crippen LogP contribution in [0.5, 0.6) is 0 Å². The average molecular weight is 287 g/mol. The van der Waals surface area contributed by atoms with Crippen LogP contribution in [0.4, 0.5) is 13.2 Å². The zero-order valence-corrected chi connectivity index (χ0v) is 9.76. The monoisotopic (exact) mass is 287 g/mol. The molecule has 0 saturated heterocycles. The fraction of sp³-hybridized carbons (Fsp3) is 0.0833. The highest BCUT2D eigenvalue weighted by molar-refractivity contribution is 5.92. The Morgan fingerprint density at radius 3 is 2.15 bits per heavy atom. The summed E-state index contributed by atoms with van der Waals surface area (Å²) in [5, 5.41) is 16.7. The molecule has 0 radical (unpaired) electrons. The van der Waals surface area contributed by atoms with Crippen molar-refractivity contribution in [2.45, 2.75) is 6.18 Å². The largest absolute Gasteiger partial charge is 0.490 e. The van der Waals surface area contributed by atoms with Crippen LogP contribution < -0.4 is 0 Å². The Hall–Kier alpha value is -2.64. The summed E-state index contributed by atoms with van der Waals surface area (Å²) in [6, 6.07) is 9.03. The molecule has 0 amide bonds. The van der Waals surface area contributed by atoms with Crippen molar-refractivity contribution < 1.29 is 33.0 Å². The molecule has 0 aliphatic carbocycles. The average Bonchev–Trinajstić information content (AvgIpc) is 2.37. The molecule has 1 aromatic heterocycles. The van der Waals surface area contributed by atoms with E-state index in [1.54, 1.807) is 6.07 Å². The van der Waals surface area contributed by atoms with Crippen LogP contribution >= 0.6 is 0 Å². The van der Waals surface area contributed by atoms with E-state index in [-0.39, 0.29) is 5.56 Å². The maximum atomic E-state index is 10.6. The molecule has 20 heavy (non-hydrogen) atoms. The molecule has 0 fully saturated rings. The first-order chi connectivity index (χ1) is 9.21. The van der Waals surface area contributed by atoms with Gasteiger partial charge in [0.05, 0.1) is 11.1 Å². The number of para-hydroxylation sites is 1. The molecule has 1 heterocycles. The number of aromatic nitrogens is 1. The highest BCUT2D eigenvalue weighted by atomic mass is 19.4. The molecule has 0 unspecified atom stereocenters. The number of rotatable bonds is 1. The van der Waals surface area contributed by atoms with Gasteiger partial charge in [0.25, 0.3) is 0 Å². The number of fused-ring (bicyclic) bond motifs is 1. The Balaban J connectivity index is 0.000000246. The molecule has 1 aromatic carbocycles. The lowest BCUT2D eigenvalue weighted by atomic mass is 10.2. The summed E-state index contributed by atoms with van der Waals surface area (Å²) in [4.78, 5) is 23.5. The second-order valence-corrected chi connectivity index (χ2v) is 3.52. The van der Waals surface area contributed by atoms with Gasteiger partial charge >= 0.3 is 18.1 Å². The minimum atomic E-state index is -5.08. The first-order valence-electron chi connectivity index (χ1n) is 5.10. The number of hydrogen-bond donors (Lipinski definition) is 2. The van der Waals surface area contributed by atoms with Crippen LogP contribution in [0.3, 0.4) is 0 Å². The maximum absolute atomic E-state index is 10.6. The number of pyridine rings is 1. The lowest BCUT2D eigenvalue weighted by molar-refractivity contribution is -0.192. The lowest BCUT2D eigenvalue weighted by Crippen LogP contribution is -2.21. The van der Waals surface area contributed by atoms with Crippen molar-refractivity contribution >= 4 is 22.8 Å². The molecule has 2 N–H and O–H groups in total. The maximum Gasteiger partial charge on any atom is 0.490 e. The fourth-order valence-corrected chi connectivity index (χ4v) is 1.19. The highest BCUT2D eigenvalue weighted by Crippen LogP contribution is 2.13. The van der Waals surface area contributed by atoms with Crippen LogP contribution in [0, 0.1) is 0 Å². The molecule has 5 nitrogen and oxygen atoms in total. The van der Waals surface area contributed by atoms with Crippen molar-refractivity contribution in [2.24, 2.45) is 0 Å². The SMILES string of the molecule is O=C(O)C(F)(F)F.O=C(O)c1cnc2ccccc2c1. The number of aromatic carboxylic acids is 1. The quantitative estimate of drug-likeness (QED) is 0.841. The number of aliphatic carboxylic acids is 1. The second-order valence-electron chi connectivity index (χ2n) is 3.52. The number of carboxylic acid groups (broad SMARTS) is 2. The van der Waals surface area contributed by atoms with Crippen LogP contribution in [-0.4, -0.2) is 33.3 Å². The molecule has 0 aliphatic heterocycles. The zero-order valence-electron chi connectivity index (χ0n) is 9.76. The van der Waals surface area contributed by atoms with Crippen molar-refractivity contribution in [3.8, 4) is 0 Å². The van der Waals surface area contributed by atoms with Crippen molar-refractivity contribution in [1.29, 1.82) is 0 Å². The highest BCUT2D eigenvalue weighted by Gasteiger charge is 2.38. The van der Waals surface area contributed by atoms with Gasteiger partial charge in [0.2, 0.25) is 0 Å². The van der Waals surface area contributed by atoms with E-state index in [9.17, 15) is 18.0 Å². The normalized spacial score (nSPS) is 10.6. The molecule has 0 spiro atoms. The summed E-state index contributed by atoms with van der Waals surface area (Å²) in [6.45, 7) is 0. The van der Waals surface area contributed by atoms with Crippen LogP contribution in [0.15, 0.2) is 36.5 Å². The minimum absolute atomic E-state index is 0.221. The Labute approximate surface area is 110 Å². The predicted octanol–water partition coefficient (Wildman–Crippen LogP) is 2.57. The zero-order chi connectivity index (χ0) is 15.3. The molecule has 2 aromatic rings. The van der Waals surface area contributed by atoms with E-state index in [0.29, 0.717) is 0 Å². The van der Waals surface area contributed by atoms with E-state index < -0.39 is 18.1 Å². The molecular formula is C12H8F3NO4. The van der Waals surface area contributed by atoms with Gasteiger partial charge in [0, 0.05) is 11.6 Å². The van der Waals surface area contributed by atoms with Crippen LogP contribution in [0.2, 0.25) is 0 Å². The third-order valence-corrected chi connectivity index (χ3v) is 2.08. The molecular weight excluding hydrogens is 279 g/mol. The molecule has 2 rings (SSSR count). The Morgan fingerprint density at radius 2 is 1.65 bits per heavy atom. The van der Waals surface area contributed by atoms with Crippen LogP contribution in [-0.2, 0) is 4.79 Å². The van der Waals surface area contributed by atoms with Crippen molar-refractivity contribution in [2.75, 3.05) is 0 Å². The van der Waals surface area contributed by atoms with E-state index >= 15 is 0 Å².